The van der Waals surface area contributed by atoms with Gasteiger partial charge in [-0.05, 0) is 18.2 Å². The number of aryl methyl sites for hydroxylation is 1. The molecule has 26 heavy (non-hydrogen) atoms. The minimum atomic E-state index is -4.64. The van der Waals surface area contributed by atoms with Crippen molar-refractivity contribution in [3.63, 3.8) is 0 Å². The summed E-state index contributed by atoms with van der Waals surface area (Å²) in [7, 11) is -2.05. The summed E-state index contributed by atoms with van der Waals surface area (Å²) in [6.45, 7) is 0. The summed E-state index contributed by atoms with van der Waals surface area (Å²) in [6, 6.07) is 8.42. The van der Waals surface area contributed by atoms with E-state index in [1.54, 1.807) is 24.3 Å². The fraction of sp³-hybridized carbons (Fsp3) is 0.188. The number of rotatable bonds is 3. The lowest BCUT2D eigenvalue weighted by atomic mass is 10.1. The van der Waals surface area contributed by atoms with Crippen LogP contribution in [-0.2, 0) is 23.1 Å². The molecule has 2 heterocycles. The van der Waals surface area contributed by atoms with Crippen LogP contribution < -0.4 is 0 Å². The van der Waals surface area contributed by atoms with Crippen molar-refractivity contribution in [1.29, 1.82) is 0 Å². The Morgan fingerprint density at radius 3 is 2.23 bits per heavy atom. The Morgan fingerprint density at radius 2 is 1.73 bits per heavy atom. The summed E-state index contributed by atoms with van der Waals surface area (Å²) in [6.07, 6.45) is -2.21. The molecule has 0 aliphatic heterocycles. The third kappa shape index (κ3) is 3.49. The Labute approximate surface area is 152 Å². The Balaban J connectivity index is 2.23. The van der Waals surface area contributed by atoms with Gasteiger partial charge in [0.2, 0.25) is 0 Å². The average Bonchev–Trinajstić information content (AvgIpc) is 3.10. The van der Waals surface area contributed by atoms with E-state index in [1.807, 2.05) is 0 Å². The smallest absolute Gasteiger partial charge is 0.340 e. The first-order valence-corrected chi connectivity index (χ1v) is 9.54. The van der Waals surface area contributed by atoms with E-state index in [-0.39, 0.29) is 16.4 Å². The third-order valence-electron chi connectivity index (χ3n) is 3.71. The first kappa shape index (κ1) is 18.5. The van der Waals surface area contributed by atoms with Gasteiger partial charge in [0.05, 0.1) is 11.4 Å². The van der Waals surface area contributed by atoms with E-state index in [4.69, 9.17) is 11.6 Å². The molecule has 3 rings (SSSR count). The molecule has 3 aromatic rings. The summed E-state index contributed by atoms with van der Waals surface area (Å²) >= 11 is 5.84. The quantitative estimate of drug-likeness (QED) is 0.665. The van der Waals surface area contributed by atoms with Crippen LogP contribution >= 0.6 is 11.6 Å². The second-order valence-corrected chi connectivity index (χ2v) is 8.15. The number of nitrogens with zero attached hydrogens (tertiary/aromatic N) is 3. The average molecular weight is 404 g/mol. The summed E-state index contributed by atoms with van der Waals surface area (Å²) in [5.41, 5.74) is -0.248. The molecule has 0 radical (unpaired) electrons. The van der Waals surface area contributed by atoms with Gasteiger partial charge >= 0.3 is 6.18 Å². The number of alkyl halides is 3. The van der Waals surface area contributed by atoms with E-state index in [0.29, 0.717) is 10.6 Å². The number of halogens is 4. The summed E-state index contributed by atoms with van der Waals surface area (Å²) < 4.78 is 65.5. The van der Waals surface area contributed by atoms with Crippen LogP contribution in [0, 0.1) is 0 Å². The van der Waals surface area contributed by atoms with Gasteiger partial charge in [-0.3, -0.25) is 0 Å². The number of benzene rings is 1. The second kappa shape index (κ2) is 6.17. The largest absolute Gasteiger partial charge is 0.435 e. The van der Waals surface area contributed by atoms with E-state index in [9.17, 15) is 21.6 Å². The Bertz CT molecular complexity index is 1070. The molecule has 5 nitrogen and oxygen atoms in total. The Kier molecular flexibility index (Phi) is 4.40. The Morgan fingerprint density at radius 1 is 1.12 bits per heavy atom. The summed E-state index contributed by atoms with van der Waals surface area (Å²) in [5, 5.41) is 4.05. The predicted octanol–water partition coefficient (Wildman–Crippen LogP) is 3.95. The molecule has 0 aliphatic rings. The second-order valence-electron chi connectivity index (χ2n) is 5.75. The van der Waals surface area contributed by atoms with Gasteiger partial charge in [0.25, 0.3) is 0 Å². The van der Waals surface area contributed by atoms with Crippen LogP contribution in [-0.4, -0.2) is 29.0 Å². The van der Waals surface area contributed by atoms with Gasteiger partial charge in [-0.15, -0.1) is 0 Å². The zero-order valence-electron chi connectivity index (χ0n) is 13.6. The van der Waals surface area contributed by atoms with Crippen molar-refractivity contribution < 1.29 is 21.6 Å². The van der Waals surface area contributed by atoms with Crippen molar-refractivity contribution in [2.45, 2.75) is 11.2 Å². The lowest BCUT2D eigenvalue weighted by Gasteiger charge is -2.05. The molecule has 1 aromatic carbocycles. The van der Waals surface area contributed by atoms with Crippen molar-refractivity contribution >= 4 is 21.4 Å². The molecule has 138 valence electrons. The summed E-state index contributed by atoms with van der Waals surface area (Å²) in [4.78, 5) is 0. The minimum Gasteiger partial charge on any atom is -0.340 e. The van der Waals surface area contributed by atoms with Gasteiger partial charge in [0, 0.05) is 36.2 Å². The van der Waals surface area contributed by atoms with E-state index in [2.05, 4.69) is 5.10 Å². The highest BCUT2D eigenvalue weighted by Gasteiger charge is 2.35. The molecule has 0 N–H and O–H groups in total. The van der Waals surface area contributed by atoms with Gasteiger partial charge < -0.3 is 4.57 Å². The first-order chi connectivity index (χ1) is 12.0. The molecule has 0 saturated heterocycles. The van der Waals surface area contributed by atoms with Gasteiger partial charge in [0.1, 0.15) is 5.03 Å². The molecule has 10 heteroatoms. The number of hydrogen-bond acceptors (Lipinski definition) is 3. The highest BCUT2D eigenvalue weighted by Crippen LogP contribution is 2.34. The molecule has 0 spiro atoms. The van der Waals surface area contributed by atoms with Crippen LogP contribution in [0.4, 0.5) is 13.2 Å². The third-order valence-corrected chi connectivity index (χ3v) is 5.13. The molecular weight excluding hydrogens is 391 g/mol. The van der Waals surface area contributed by atoms with Crippen molar-refractivity contribution in [2.24, 2.45) is 7.05 Å². The molecule has 0 saturated carbocycles. The van der Waals surface area contributed by atoms with Crippen LogP contribution in [0.5, 0.6) is 0 Å². The molecule has 0 bridgehead atoms. The number of sulfone groups is 1. The standard InChI is InChI=1S/C16H13ClF3N3O2S/c1-22-9-12(7-15(22)26(2,24)25)23-13(8-14(21-23)16(18,19)20)10-3-5-11(17)6-4-10/h3-9H,1-2H3. The molecule has 0 fully saturated rings. The van der Waals surface area contributed by atoms with Crippen molar-refractivity contribution in [3.8, 4) is 16.9 Å². The number of hydrogen-bond donors (Lipinski definition) is 0. The van der Waals surface area contributed by atoms with E-state index in [0.717, 1.165) is 17.0 Å². The SMILES string of the molecule is Cn1cc(-n2nc(C(F)(F)F)cc2-c2ccc(Cl)cc2)cc1S(C)(=O)=O. The van der Waals surface area contributed by atoms with Crippen molar-refractivity contribution in [2.75, 3.05) is 6.26 Å². The highest BCUT2D eigenvalue weighted by atomic mass is 35.5. The normalized spacial score (nSPS) is 12.5. The Hall–Kier alpha value is -2.26. The highest BCUT2D eigenvalue weighted by molar-refractivity contribution is 7.90. The van der Waals surface area contributed by atoms with Gasteiger partial charge in [0.15, 0.2) is 15.5 Å². The van der Waals surface area contributed by atoms with Crippen LogP contribution in [0.2, 0.25) is 5.02 Å². The lowest BCUT2D eigenvalue weighted by molar-refractivity contribution is -0.141. The first-order valence-electron chi connectivity index (χ1n) is 7.27. The molecule has 0 amide bonds. The summed E-state index contributed by atoms with van der Waals surface area (Å²) in [5.74, 6) is 0. The van der Waals surface area contributed by atoms with E-state index in [1.165, 1.54) is 23.9 Å². The van der Waals surface area contributed by atoms with Crippen molar-refractivity contribution in [3.05, 3.63) is 53.3 Å². The van der Waals surface area contributed by atoms with E-state index >= 15 is 0 Å². The van der Waals surface area contributed by atoms with Gasteiger partial charge in [-0.25, -0.2) is 13.1 Å². The minimum absolute atomic E-state index is 0.0291. The lowest BCUT2D eigenvalue weighted by Crippen LogP contribution is -2.07. The van der Waals surface area contributed by atoms with Crippen LogP contribution in [0.1, 0.15) is 5.69 Å². The monoisotopic (exact) mass is 403 g/mol. The molecule has 2 aromatic heterocycles. The fourth-order valence-electron chi connectivity index (χ4n) is 2.55. The van der Waals surface area contributed by atoms with Crippen LogP contribution in [0.25, 0.3) is 16.9 Å². The predicted molar refractivity (Wildman–Crippen MR) is 91.1 cm³/mol. The maximum absolute atomic E-state index is 13.2. The molecule has 0 aliphatic carbocycles. The maximum atomic E-state index is 13.2. The van der Waals surface area contributed by atoms with E-state index < -0.39 is 21.7 Å². The van der Waals surface area contributed by atoms with Crippen molar-refractivity contribution in [1.82, 2.24) is 14.3 Å². The molecular formula is C16H13ClF3N3O2S. The zero-order valence-corrected chi connectivity index (χ0v) is 15.2. The fourth-order valence-corrected chi connectivity index (χ4v) is 3.59. The zero-order chi connectivity index (χ0) is 19.3. The molecule has 0 unspecified atom stereocenters. The van der Waals surface area contributed by atoms with Crippen LogP contribution in [0.3, 0.4) is 0 Å². The number of aromatic nitrogens is 3. The van der Waals surface area contributed by atoms with Gasteiger partial charge in [-0.1, -0.05) is 23.7 Å². The maximum Gasteiger partial charge on any atom is 0.435 e. The van der Waals surface area contributed by atoms with Gasteiger partial charge in [-0.2, -0.15) is 18.3 Å². The van der Waals surface area contributed by atoms with Crippen LogP contribution in [0.15, 0.2) is 47.6 Å². The molecule has 0 atom stereocenters. The topological polar surface area (TPSA) is 56.9 Å².